The number of benzene rings is 3. The maximum Gasteiger partial charge on any atom is 0.146 e. The number of anilines is 1. The Hall–Kier alpha value is -2.65. The lowest BCUT2D eigenvalue weighted by atomic mass is 10.0. The van der Waals surface area contributed by atoms with Gasteiger partial charge in [-0.25, -0.2) is 4.39 Å². The normalized spacial score (nSPS) is 15.2. The molecule has 1 aliphatic heterocycles. The molecular weight excluding hydrogens is 323 g/mol. The Morgan fingerprint density at radius 1 is 0.692 bits per heavy atom. The van der Waals surface area contributed by atoms with Crippen LogP contribution in [0.1, 0.15) is 5.56 Å². The Bertz CT molecular complexity index is 855. The molecule has 132 valence electrons. The van der Waals surface area contributed by atoms with Gasteiger partial charge in [-0.1, -0.05) is 60.7 Å². The lowest BCUT2D eigenvalue weighted by Crippen LogP contribution is -2.46. The van der Waals surface area contributed by atoms with E-state index in [-0.39, 0.29) is 5.82 Å². The highest BCUT2D eigenvalue weighted by atomic mass is 19.1. The number of rotatable bonds is 4. The summed E-state index contributed by atoms with van der Waals surface area (Å²) >= 11 is 0. The molecule has 0 aromatic heterocycles. The van der Waals surface area contributed by atoms with Crippen molar-refractivity contribution in [3.63, 3.8) is 0 Å². The molecule has 3 aromatic rings. The van der Waals surface area contributed by atoms with Crippen LogP contribution in [0.15, 0.2) is 78.9 Å². The maximum absolute atomic E-state index is 14.0. The molecule has 0 unspecified atom stereocenters. The fraction of sp³-hybridized carbons (Fsp3) is 0.217. The molecule has 3 heteroatoms. The first kappa shape index (κ1) is 16.8. The van der Waals surface area contributed by atoms with Crippen LogP contribution in [0, 0.1) is 5.82 Å². The summed E-state index contributed by atoms with van der Waals surface area (Å²) < 4.78 is 14.0. The van der Waals surface area contributed by atoms with Gasteiger partial charge in [0.1, 0.15) is 5.82 Å². The second-order valence-electron chi connectivity index (χ2n) is 6.78. The van der Waals surface area contributed by atoms with E-state index in [0.717, 1.165) is 38.4 Å². The number of para-hydroxylation sites is 1. The van der Waals surface area contributed by atoms with Crippen LogP contribution in [-0.4, -0.2) is 31.1 Å². The van der Waals surface area contributed by atoms with E-state index in [0.29, 0.717) is 0 Å². The van der Waals surface area contributed by atoms with Crippen molar-refractivity contribution in [2.45, 2.75) is 6.54 Å². The van der Waals surface area contributed by atoms with Crippen LogP contribution in [0.2, 0.25) is 0 Å². The second-order valence-corrected chi connectivity index (χ2v) is 6.78. The summed E-state index contributed by atoms with van der Waals surface area (Å²) in [5.41, 5.74) is 4.55. The highest BCUT2D eigenvalue weighted by molar-refractivity contribution is 5.63. The minimum Gasteiger partial charge on any atom is -0.367 e. The van der Waals surface area contributed by atoms with Crippen molar-refractivity contribution in [3.8, 4) is 11.1 Å². The summed E-state index contributed by atoms with van der Waals surface area (Å²) in [4.78, 5) is 4.59. The monoisotopic (exact) mass is 346 g/mol. The topological polar surface area (TPSA) is 6.48 Å². The smallest absolute Gasteiger partial charge is 0.146 e. The first-order valence-electron chi connectivity index (χ1n) is 9.16. The molecule has 0 atom stereocenters. The molecule has 0 spiro atoms. The Morgan fingerprint density at radius 2 is 1.38 bits per heavy atom. The average molecular weight is 346 g/mol. The highest BCUT2D eigenvalue weighted by Gasteiger charge is 2.19. The summed E-state index contributed by atoms with van der Waals surface area (Å²) in [6.45, 7) is 4.55. The molecule has 0 saturated carbocycles. The minimum absolute atomic E-state index is 0.128. The molecule has 1 aliphatic rings. The molecule has 0 radical (unpaired) electrons. The fourth-order valence-corrected chi connectivity index (χ4v) is 3.59. The van der Waals surface area contributed by atoms with Gasteiger partial charge in [0.15, 0.2) is 0 Å². The summed E-state index contributed by atoms with van der Waals surface area (Å²) in [7, 11) is 0. The molecule has 0 N–H and O–H groups in total. The third-order valence-electron chi connectivity index (χ3n) is 5.01. The van der Waals surface area contributed by atoms with Gasteiger partial charge in [0.05, 0.1) is 5.69 Å². The van der Waals surface area contributed by atoms with E-state index in [1.807, 2.05) is 18.2 Å². The zero-order valence-corrected chi connectivity index (χ0v) is 14.8. The number of hydrogen-bond donors (Lipinski definition) is 0. The van der Waals surface area contributed by atoms with Crippen LogP contribution in [0.5, 0.6) is 0 Å². The molecule has 4 rings (SSSR count). The third-order valence-corrected chi connectivity index (χ3v) is 5.01. The first-order chi connectivity index (χ1) is 12.8. The second kappa shape index (κ2) is 7.71. The number of nitrogens with zero attached hydrogens (tertiary/aromatic N) is 2. The highest BCUT2D eigenvalue weighted by Crippen LogP contribution is 2.23. The van der Waals surface area contributed by atoms with Gasteiger partial charge < -0.3 is 4.90 Å². The average Bonchev–Trinajstić information content (AvgIpc) is 2.70. The molecule has 0 amide bonds. The van der Waals surface area contributed by atoms with E-state index in [2.05, 4.69) is 58.3 Å². The Morgan fingerprint density at radius 3 is 2.15 bits per heavy atom. The van der Waals surface area contributed by atoms with E-state index >= 15 is 0 Å². The SMILES string of the molecule is Fc1ccccc1N1CCN(Cc2cccc(-c3ccccc3)c2)CC1. The maximum atomic E-state index is 14.0. The molecular formula is C23H23FN2. The van der Waals surface area contributed by atoms with Crippen LogP contribution in [0.3, 0.4) is 0 Å². The van der Waals surface area contributed by atoms with Crippen LogP contribution >= 0.6 is 0 Å². The quantitative estimate of drug-likeness (QED) is 0.668. The predicted molar refractivity (Wildman–Crippen MR) is 106 cm³/mol. The predicted octanol–water partition coefficient (Wildman–Crippen LogP) is 4.81. The number of piperazine rings is 1. The molecule has 1 fully saturated rings. The largest absolute Gasteiger partial charge is 0.367 e. The van der Waals surface area contributed by atoms with E-state index in [1.54, 1.807) is 6.07 Å². The van der Waals surface area contributed by atoms with Crippen LogP contribution < -0.4 is 4.90 Å². The van der Waals surface area contributed by atoms with Crippen LogP contribution in [-0.2, 0) is 6.54 Å². The number of hydrogen-bond acceptors (Lipinski definition) is 2. The van der Waals surface area contributed by atoms with E-state index in [9.17, 15) is 4.39 Å². The fourth-order valence-electron chi connectivity index (χ4n) is 3.59. The van der Waals surface area contributed by atoms with Gasteiger partial charge in [-0.2, -0.15) is 0 Å². The third kappa shape index (κ3) is 3.78. The van der Waals surface area contributed by atoms with Crippen molar-refractivity contribution in [1.29, 1.82) is 0 Å². The van der Waals surface area contributed by atoms with Gasteiger partial charge in [-0.3, -0.25) is 4.90 Å². The van der Waals surface area contributed by atoms with E-state index in [1.165, 1.54) is 22.8 Å². The summed E-state index contributed by atoms with van der Waals surface area (Å²) in [6, 6.07) is 26.3. The van der Waals surface area contributed by atoms with Gasteiger partial charge >= 0.3 is 0 Å². The number of halogens is 1. The lowest BCUT2D eigenvalue weighted by Gasteiger charge is -2.36. The van der Waals surface area contributed by atoms with Gasteiger partial charge in [0.25, 0.3) is 0 Å². The zero-order chi connectivity index (χ0) is 17.8. The molecule has 26 heavy (non-hydrogen) atoms. The van der Waals surface area contributed by atoms with Crippen molar-refractivity contribution in [2.75, 3.05) is 31.1 Å². The van der Waals surface area contributed by atoms with E-state index in [4.69, 9.17) is 0 Å². The van der Waals surface area contributed by atoms with Crippen molar-refractivity contribution < 1.29 is 4.39 Å². The molecule has 1 heterocycles. The molecule has 1 saturated heterocycles. The Kier molecular flexibility index (Phi) is 4.98. The standard InChI is InChI=1S/C23H23FN2/c24-22-11-4-5-12-23(22)26-15-13-25(14-16-26)18-19-7-6-10-21(17-19)20-8-2-1-3-9-20/h1-12,17H,13-16,18H2. The Labute approximate surface area is 154 Å². The van der Waals surface area contributed by atoms with Gasteiger partial charge in [-0.15, -0.1) is 0 Å². The minimum atomic E-state index is -0.128. The first-order valence-corrected chi connectivity index (χ1v) is 9.16. The Balaban J connectivity index is 1.40. The summed E-state index contributed by atoms with van der Waals surface area (Å²) in [6.07, 6.45) is 0. The van der Waals surface area contributed by atoms with Crippen molar-refractivity contribution >= 4 is 5.69 Å². The van der Waals surface area contributed by atoms with Crippen LogP contribution in [0.25, 0.3) is 11.1 Å². The van der Waals surface area contributed by atoms with Gasteiger partial charge in [0, 0.05) is 32.7 Å². The molecule has 0 aliphatic carbocycles. The van der Waals surface area contributed by atoms with Crippen molar-refractivity contribution in [1.82, 2.24) is 4.90 Å². The summed E-state index contributed by atoms with van der Waals surface area (Å²) in [5, 5.41) is 0. The van der Waals surface area contributed by atoms with Crippen LogP contribution in [0.4, 0.5) is 10.1 Å². The van der Waals surface area contributed by atoms with Gasteiger partial charge in [-0.05, 0) is 34.9 Å². The zero-order valence-electron chi connectivity index (χ0n) is 14.8. The van der Waals surface area contributed by atoms with Crippen molar-refractivity contribution in [2.24, 2.45) is 0 Å². The molecule has 2 nitrogen and oxygen atoms in total. The van der Waals surface area contributed by atoms with Crippen molar-refractivity contribution in [3.05, 3.63) is 90.2 Å². The van der Waals surface area contributed by atoms with Gasteiger partial charge in [0.2, 0.25) is 0 Å². The molecule has 3 aromatic carbocycles. The van der Waals surface area contributed by atoms with E-state index < -0.39 is 0 Å². The summed E-state index contributed by atoms with van der Waals surface area (Å²) in [5.74, 6) is -0.128. The lowest BCUT2D eigenvalue weighted by molar-refractivity contribution is 0.249. The molecule has 0 bridgehead atoms.